The average Bonchev–Trinajstić information content (AvgIpc) is 2.93. The Morgan fingerprint density at radius 1 is 1.33 bits per heavy atom. The van der Waals surface area contributed by atoms with Crippen molar-refractivity contribution in [2.24, 2.45) is 0 Å². The molecule has 1 aliphatic carbocycles. The fourth-order valence-corrected chi connectivity index (χ4v) is 3.22. The van der Waals surface area contributed by atoms with Crippen molar-refractivity contribution in [3.8, 4) is 0 Å². The summed E-state index contributed by atoms with van der Waals surface area (Å²) in [7, 11) is 0. The molecule has 0 spiro atoms. The number of nitrogens with one attached hydrogen (secondary N) is 1. The molecule has 5 heteroatoms. The summed E-state index contributed by atoms with van der Waals surface area (Å²) in [6.45, 7) is 6.51. The van der Waals surface area contributed by atoms with E-state index in [9.17, 15) is 4.79 Å². The first kappa shape index (κ1) is 14.6. The Bertz CT molecular complexity index is 485. The monoisotopic (exact) mass is 291 g/mol. The highest BCUT2D eigenvalue weighted by Gasteiger charge is 2.35. The molecule has 1 N–H and O–H groups in total. The van der Waals surface area contributed by atoms with Crippen molar-refractivity contribution in [2.75, 3.05) is 13.1 Å². The van der Waals surface area contributed by atoms with Crippen LogP contribution in [-0.4, -0.2) is 41.1 Å². The number of hydrogen-bond acceptors (Lipinski definition) is 4. The van der Waals surface area contributed by atoms with Gasteiger partial charge in [-0.25, -0.2) is 0 Å². The number of amides is 1. The predicted molar refractivity (Wildman–Crippen MR) is 80.3 cm³/mol. The van der Waals surface area contributed by atoms with Crippen LogP contribution in [-0.2, 0) is 0 Å². The SMILES string of the molecule is CC(C)c1cc(C(=O)NC2CC(N3CCCCC3)C2)no1. The number of likely N-dealkylation sites (tertiary alicyclic amines) is 1. The summed E-state index contributed by atoms with van der Waals surface area (Å²) in [5.74, 6) is 0.916. The van der Waals surface area contributed by atoms with Crippen molar-refractivity contribution < 1.29 is 9.32 Å². The zero-order chi connectivity index (χ0) is 14.8. The molecule has 1 aromatic heterocycles. The Morgan fingerprint density at radius 2 is 2.05 bits per heavy atom. The molecule has 0 unspecified atom stereocenters. The first-order valence-corrected chi connectivity index (χ1v) is 8.15. The highest BCUT2D eigenvalue weighted by atomic mass is 16.5. The van der Waals surface area contributed by atoms with Gasteiger partial charge in [0.1, 0.15) is 5.76 Å². The molecule has 1 amide bonds. The van der Waals surface area contributed by atoms with Gasteiger partial charge in [-0.15, -0.1) is 0 Å². The second-order valence-electron chi connectivity index (χ2n) is 6.66. The minimum atomic E-state index is -0.104. The number of hydrogen-bond donors (Lipinski definition) is 1. The molecule has 1 saturated carbocycles. The van der Waals surface area contributed by atoms with Gasteiger partial charge in [0.25, 0.3) is 5.91 Å². The van der Waals surface area contributed by atoms with E-state index < -0.39 is 0 Å². The van der Waals surface area contributed by atoms with Crippen LogP contribution in [0.4, 0.5) is 0 Å². The zero-order valence-corrected chi connectivity index (χ0v) is 13.0. The van der Waals surface area contributed by atoms with Crippen molar-refractivity contribution in [1.29, 1.82) is 0 Å². The van der Waals surface area contributed by atoms with Crippen LogP contribution in [0.15, 0.2) is 10.6 Å². The molecule has 1 aromatic rings. The van der Waals surface area contributed by atoms with Gasteiger partial charge in [-0.3, -0.25) is 4.79 Å². The van der Waals surface area contributed by atoms with E-state index in [0.29, 0.717) is 17.8 Å². The van der Waals surface area contributed by atoms with Crippen molar-refractivity contribution in [3.05, 3.63) is 17.5 Å². The summed E-state index contributed by atoms with van der Waals surface area (Å²) in [5, 5.41) is 6.93. The lowest BCUT2D eigenvalue weighted by atomic mass is 9.84. The van der Waals surface area contributed by atoms with Gasteiger partial charge in [-0.05, 0) is 38.8 Å². The van der Waals surface area contributed by atoms with Crippen LogP contribution >= 0.6 is 0 Å². The molecule has 21 heavy (non-hydrogen) atoms. The number of aromatic nitrogens is 1. The lowest BCUT2D eigenvalue weighted by molar-refractivity contribution is 0.0672. The van der Waals surface area contributed by atoms with Gasteiger partial charge in [-0.1, -0.05) is 25.4 Å². The maximum atomic E-state index is 12.1. The molecule has 0 radical (unpaired) electrons. The summed E-state index contributed by atoms with van der Waals surface area (Å²) in [4.78, 5) is 14.7. The Labute approximate surface area is 126 Å². The molecule has 2 fully saturated rings. The normalized spacial score (nSPS) is 26.6. The maximum absolute atomic E-state index is 12.1. The lowest BCUT2D eigenvalue weighted by Gasteiger charge is -2.44. The number of rotatable bonds is 4. The van der Waals surface area contributed by atoms with E-state index in [4.69, 9.17) is 4.52 Å². The van der Waals surface area contributed by atoms with Crippen molar-refractivity contribution in [1.82, 2.24) is 15.4 Å². The van der Waals surface area contributed by atoms with E-state index in [0.717, 1.165) is 18.6 Å². The van der Waals surface area contributed by atoms with Gasteiger partial charge in [0.2, 0.25) is 0 Å². The molecular formula is C16H25N3O2. The highest BCUT2D eigenvalue weighted by molar-refractivity contribution is 5.92. The third kappa shape index (κ3) is 3.28. The van der Waals surface area contributed by atoms with Crippen molar-refractivity contribution >= 4 is 5.91 Å². The smallest absolute Gasteiger partial charge is 0.273 e. The van der Waals surface area contributed by atoms with Crippen LogP contribution in [0.1, 0.15) is 68.1 Å². The van der Waals surface area contributed by atoms with Gasteiger partial charge in [0.15, 0.2) is 5.69 Å². The maximum Gasteiger partial charge on any atom is 0.273 e. The van der Waals surface area contributed by atoms with Gasteiger partial charge in [-0.2, -0.15) is 0 Å². The lowest BCUT2D eigenvalue weighted by Crippen LogP contribution is -2.54. The fourth-order valence-electron chi connectivity index (χ4n) is 3.22. The standard InChI is InChI=1S/C16H25N3O2/c1-11(2)15-10-14(18-21-15)16(20)17-12-8-13(9-12)19-6-4-3-5-7-19/h10-13H,3-9H2,1-2H3,(H,17,20). The van der Waals surface area contributed by atoms with E-state index in [-0.39, 0.29) is 11.8 Å². The molecule has 0 aromatic carbocycles. The Hall–Kier alpha value is -1.36. The topological polar surface area (TPSA) is 58.4 Å². The van der Waals surface area contributed by atoms with Crippen molar-refractivity contribution in [3.63, 3.8) is 0 Å². The molecule has 2 heterocycles. The molecule has 2 aliphatic rings. The summed E-state index contributed by atoms with van der Waals surface area (Å²) in [6, 6.07) is 2.71. The summed E-state index contributed by atoms with van der Waals surface area (Å²) < 4.78 is 5.18. The van der Waals surface area contributed by atoms with Gasteiger partial charge < -0.3 is 14.7 Å². The second-order valence-corrected chi connectivity index (χ2v) is 6.66. The van der Waals surface area contributed by atoms with Crippen LogP contribution in [0.5, 0.6) is 0 Å². The van der Waals surface area contributed by atoms with E-state index in [1.807, 2.05) is 13.8 Å². The highest BCUT2D eigenvalue weighted by Crippen LogP contribution is 2.28. The number of piperidine rings is 1. The Morgan fingerprint density at radius 3 is 2.67 bits per heavy atom. The molecule has 116 valence electrons. The molecular weight excluding hydrogens is 266 g/mol. The van der Waals surface area contributed by atoms with E-state index >= 15 is 0 Å². The molecule has 0 bridgehead atoms. The quantitative estimate of drug-likeness (QED) is 0.926. The molecule has 3 rings (SSSR count). The third-order valence-electron chi connectivity index (χ3n) is 4.69. The average molecular weight is 291 g/mol. The first-order chi connectivity index (χ1) is 10.1. The first-order valence-electron chi connectivity index (χ1n) is 8.15. The van der Waals surface area contributed by atoms with Gasteiger partial charge in [0.05, 0.1) is 0 Å². The Kier molecular flexibility index (Phi) is 4.29. The minimum Gasteiger partial charge on any atom is -0.360 e. The summed E-state index contributed by atoms with van der Waals surface area (Å²) >= 11 is 0. The Balaban J connectivity index is 1.46. The summed E-state index contributed by atoms with van der Waals surface area (Å²) in [5.41, 5.74) is 0.403. The molecule has 0 atom stereocenters. The third-order valence-corrected chi connectivity index (χ3v) is 4.69. The molecule has 5 nitrogen and oxygen atoms in total. The van der Waals surface area contributed by atoms with Crippen LogP contribution in [0.2, 0.25) is 0 Å². The molecule has 1 saturated heterocycles. The van der Waals surface area contributed by atoms with Crippen molar-refractivity contribution in [2.45, 2.75) is 64.0 Å². The summed E-state index contributed by atoms with van der Waals surface area (Å²) in [6.07, 6.45) is 6.16. The van der Waals surface area contributed by atoms with Gasteiger partial charge >= 0.3 is 0 Å². The number of carbonyl (C=O) groups excluding carboxylic acids is 1. The van der Waals surface area contributed by atoms with Crippen LogP contribution in [0, 0.1) is 0 Å². The van der Waals surface area contributed by atoms with Crippen LogP contribution in [0.3, 0.4) is 0 Å². The van der Waals surface area contributed by atoms with Gasteiger partial charge in [0, 0.05) is 24.1 Å². The van der Waals surface area contributed by atoms with Crippen LogP contribution in [0.25, 0.3) is 0 Å². The van der Waals surface area contributed by atoms with E-state index in [1.165, 1.54) is 32.4 Å². The minimum absolute atomic E-state index is 0.104. The predicted octanol–water partition coefficient (Wildman–Crippen LogP) is 2.54. The van der Waals surface area contributed by atoms with E-state index in [1.54, 1.807) is 6.07 Å². The fraction of sp³-hybridized carbons (Fsp3) is 0.750. The zero-order valence-electron chi connectivity index (χ0n) is 13.0. The molecule has 1 aliphatic heterocycles. The number of nitrogens with zero attached hydrogens (tertiary/aromatic N) is 2. The largest absolute Gasteiger partial charge is 0.360 e. The van der Waals surface area contributed by atoms with Crippen LogP contribution < -0.4 is 5.32 Å². The number of carbonyl (C=O) groups is 1. The van der Waals surface area contributed by atoms with E-state index in [2.05, 4.69) is 15.4 Å². The second kappa shape index (κ2) is 6.18.